The first-order valence-corrected chi connectivity index (χ1v) is 5.27. The molecule has 0 bridgehead atoms. The van der Waals surface area contributed by atoms with Gasteiger partial charge in [-0.1, -0.05) is 6.07 Å². The summed E-state index contributed by atoms with van der Waals surface area (Å²) in [6.07, 6.45) is 3.51. The lowest BCUT2D eigenvalue weighted by molar-refractivity contribution is 0.528. The SMILES string of the molecule is NNC(Cc1ccccn1)c1ccc(F)cn1. The van der Waals surface area contributed by atoms with E-state index < -0.39 is 0 Å². The maximum atomic E-state index is 12.8. The second kappa shape index (κ2) is 5.47. The Morgan fingerprint density at radius 2 is 2.12 bits per heavy atom. The Morgan fingerprint density at radius 1 is 1.24 bits per heavy atom. The van der Waals surface area contributed by atoms with Gasteiger partial charge in [-0.05, 0) is 24.3 Å². The van der Waals surface area contributed by atoms with Crippen molar-refractivity contribution in [2.45, 2.75) is 12.5 Å². The summed E-state index contributed by atoms with van der Waals surface area (Å²) in [7, 11) is 0. The summed E-state index contributed by atoms with van der Waals surface area (Å²) >= 11 is 0. The smallest absolute Gasteiger partial charge is 0.141 e. The molecule has 0 aliphatic rings. The summed E-state index contributed by atoms with van der Waals surface area (Å²) in [5.41, 5.74) is 4.26. The Hall–Kier alpha value is -1.85. The van der Waals surface area contributed by atoms with E-state index in [0.717, 1.165) is 5.69 Å². The maximum Gasteiger partial charge on any atom is 0.141 e. The Bertz CT molecular complexity index is 458. The molecule has 2 heterocycles. The number of pyridine rings is 2. The van der Waals surface area contributed by atoms with Crippen LogP contribution in [0, 0.1) is 5.82 Å². The average molecular weight is 232 g/mol. The molecule has 5 heteroatoms. The van der Waals surface area contributed by atoms with Gasteiger partial charge in [0.15, 0.2) is 0 Å². The van der Waals surface area contributed by atoms with Crippen LogP contribution in [0.1, 0.15) is 17.4 Å². The third-order valence-corrected chi connectivity index (χ3v) is 2.45. The van der Waals surface area contributed by atoms with E-state index in [1.807, 2.05) is 18.2 Å². The van der Waals surface area contributed by atoms with Crippen molar-refractivity contribution in [3.8, 4) is 0 Å². The van der Waals surface area contributed by atoms with Crippen LogP contribution in [0.3, 0.4) is 0 Å². The van der Waals surface area contributed by atoms with E-state index in [1.54, 1.807) is 12.3 Å². The van der Waals surface area contributed by atoms with Gasteiger partial charge in [0.05, 0.1) is 17.9 Å². The second-order valence-electron chi connectivity index (χ2n) is 3.65. The number of nitrogens with two attached hydrogens (primary N) is 1. The van der Waals surface area contributed by atoms with E-state index in [4.69, 9.17) is 5.84 Å². The highest BCUT2D eigenvalue weighted by atomic mass is 19.1. The van der Waals surface area contributed by atoms with E-state index in [-0.39, 0.29) is 11.9 Å². The van der Waals surface area contributed by atoms with Crippen LogP contribution < -0.4 is 11.3 Å². The van der Waals surface area contributed by atoms with E-state index in [1.165, 1.54) is 12.3 Å². The van der Waals surface area contributed by atoms with Gasteiger partial charge in [-0.2, -0.15) is 0 Å². The van der Waals surface area contributed by atoms with Gasteiger partial charge in [0.1, 0.15) is 5.82 Å². The van der Waals surface area contributed by atoms with Crippen molar-refractivity contribution in [1.29, 1.82) is 0 Å². The minimum Gasteiger partial charge on any atom is -0.271 e. The molecule has 0 saturated carbocycles. The quantitative estimate of drug-likeness (QED) is 0.617. The molecule has 88 valence electrons. The third kappa shape index (κ3) is 3.05. The topological polar surface area (TPSA) is 63.8 Å². The monoisotopic (exact) mass is 232 g/mol. The van der Waals surface area contributed by atoms with Gasteiger partial charge in [0, 0.05) is 18.3 Å². The molecule has 0 amide bonds. The molecular formula is C12H13FN4. The molecule has 0 saturated heterocycles. The first-order valence-electron chi connectivity index (χ1n) is 5.27. The largest absolute Gasteiger partial charge is 0.271 e. The Labute approximate surface area is 98.7 Å². The summed E-state index contributed by atoms with van der Waals surface area (Å²) in [6.45, 7) is 0. The van der Waals surface area contributed by atoms with Crippen molar-refractivity contribution in [2.75, 3.05) is 0 Å². The second-order valence-corrected chi connectivity index (χ2v) is 3.65. The van der Waals surface area contributed by atoms with Crippen LogP contribution in [0.4, 0.5) is 4.39 Å². The van der Waals surface area contributed by atoms with Crippen molar-refractivity contribution in [1.82, 2.24) is 15.4 Å². The molecule has 2 aromatic rings. The van der Waals surface area contributed by atoms with Crippen LogP contribution in [0.25, 0.3) is 0 Å². The summed E-state index contributed by atoms with van der Waals surface area (Å²) in [4.78, 5) is 8.21. The predicted molar refractivity (Wildman–Crippen MR) is 62.2 cm³/mol. The van der Waals surface area contributed by atoms with E-state index in [9.17, 15) is 4.39 Å². The van der Waals surface area contributed by atoms with Gasteiger partial charge in [-0.15, -0.1) is 0 Å². The molecule has 2 aromatic heterocycles. The molecule has 0 aliphatic heterocycles. The van der Waals surface area contributed by atoms with Gasteiger partial charge in [0.2, 0.25) is 0 Å². The number of halogens is 1. The zero-order chi connectivity index (χ0) is 12.1. The van der Waals surface area contributed by atoms with E-state index in [0.29, 0.717) is 12.1 Å². The van der Waals surface area contributed by atoms with Crippen molar-refractivity contribution in [2.24, 2.45) is 5.84 Å². The highest BCUT2D eigenvalue weighted by Crippen LogP contribution is 2.14. The summed E-state index contributed by atoms with van der Waals surface area (Å²) < 4.78 is 12.8. The molecule has 2 rings (SSSR count). The predicted octanol–water partition coefficient (Wildman–Crippen LogP) is 1.36. The fraction of sp³-hybridized carbons (Fsp3) is 0.167. The first-order chi connectivity index (χ1) is 8.29. The van der Waals surface area contributed by atoms with Crippen molar-refractivity contribution in [3.05, 3.63) is 59.9 Å². The fourth-order valence-corrected chi connectivity index (χ4v) is 1.57. The van der Waals surface area contributed by atoms with E-state index >= 15 is 0 Å². The molecule has 0 spiro atoms. The Kier molecular flexibility index (Phi) is 3.74. The number of nitrogens with one attached hydrogen (secondary N) is 1. The van der Waals surface area contributed by atoms with Gasteiger partial charge in [0.25, 0.3) is 0 Å². The zero-order valence-electron chi connectivity index (χ0n) is 9.18. The van der Waals surface area contributed by atoms with Crippen LogP contribution >= 0.6 is 0 Å². The summed E-state index contributed by atoms with van der Waals surface area (Å²) in [5.74, 6) is 5.12. The van der Waals surface area contributed by atoms with Crippen LogP contribution in [0.5, 0.6) is 0 Å². The molecule has 0 aromatic carbocycles. The van der Waals surface area contributed by atoms with Crippen molar-refractivity contribution >= 4 is 0 Å². The highest BCUT2D eigenvalue weighted by molar-refractivity contribution is 5.14. The van der Waals surface area contributed by atoms with Crippen LogP contribution in [0.2, 0.25) is 0 Å². The summed E-state index contributed by atoms with van der Waals surface area (Å²) in [5, 5.41) is 0. The Balaban J connectivity index is 2.14. The first kappa shape index (κ1) is 11.6. The minimum absolute atomic E-state index is 0.175. The van der Waals surface area contributed by atoms with Crippen LogP contribution in [-0.2, 0) is 6.42 Å². The Morgan fingerprint density at radius 3 is 2.71 bits per heavy atom. The van der Waals surface area contributed by atoms with Gasteiger partial charge < -0.3 is 0 Å². The molecule has 1 atom stereocenters. The maximum absolute atomic E-state index is 12.8. The summed E-state index contributed by atoms with van der Waals surface area (Å²) in [6, 6.07) is 8.48. The lowest BCUT2D eigenvalue weighted by Crippen LogP contribution is -2.30. The number of aromatic nitrogens is 2. The van der Waals surface area contributed by atoms with Gasteiger partial charge >= 0.3 is 0 Å². The number of hydrazine groups is 1. The fourth-order valence-electron chi connectivity index (χ4n) is 1.57. The molecule has 1 unspecified atom stereocenters. The number of hydrogen-bond acceptors (Lipinski definition) is 4. The average Bonchev–Trinajstić information content (AvgIpc) is 2.38. The van der Waals surface area contributed by atoms with Gasteiger partial charge in [-0.3, -0.25) is 21.2 Å². The molecule has 0 fully saturated rings. The number of nitrogens with zero attached hydrogens (tertiary/aromatic N) is 2. The number of rotatable bonds is 4. The highest BCUT2D eigenvalue weighted by Gasteiger charge is 2.12. The third-order valence-electron chi connectivity index (χ3n) is 2.45. The molecular weight excluding hydrogens is 219 g/mol. The van der Waals surface area contributed by atoms with Crippen molar-refractivity contribution < 1.29 is 4.39 Å². The normalized spacial score (nSPS) is 12.4. The molecule has 0 aliphatic carbocycles. The lowest BCUT2D eigenvalue weighted by atomic mass is 10.1. The van der Waals surface area contributed by atoms with Crippen molar-refractivity contribution in [3.63, 3.8) is 0 Å². The van der Waals surface area contributed by atoms with Crippen LogP contribution in [-0.4, -0.2) is 9.97 Å². The molecule has 3 N–H and O–H groups in total. The van der Waals surface area contributed by atoms with Crippen LogP contribution in [0.15, 0.2) is 42.7 Å². The lowest BCUT2D eigenvalue weighted by Gasteiger charge is -2.14. The van der Waals surface area contributed by atoms with E-state index in [2.05, 4.69) is 15.4 Å². The molecule has 0 radical (unpaired) electrons. The molecule has 17 heavy (non-hydrogen) atoms. The standard InChI is InChI=1S/C12H13FN4/c13-9-4-5-11(16-8-9)12(17-14)7-10-3-1-2-6-15-10/h1-6,8,12,17H,7,14H2. The molecule has 4 nitrogen and oxygen atoms in total. The van der Waals surface area contributed by atoms with Gasteiger partial charge in [-0.25, -0.2) is 4.39 Å². The number of hydrogen-bond donors (Lipinski definition) is 2. The minimum atomic E-state index is -0.359. The zero-order valence-corrected chi connectivity index (χ0v) is 9.18.